The highest BCUT2D eigenvalue weighted by molar-refractivity contribution is 5.86. The van der Waals surface area contributed by atoms with Gasteiger partial charge in [-0.2, -0.15) is 0 Å². The SMILES string of the molecule is CCC(=CCN1CCC(C)(CC)CC1)C(=O)O. The maximum Gasteiger partial charge on any atom is 0.331 e. The molecule has 1 aliphatic heterocycles. The number of likely N-dealkylation sites (tertiary alicyclic amines) is 1. The van der Waals surface area contributed by atoms with Gasteiger partial charge in [-0.3, -0.25) is 4.90 Å². The number of carbonyl (C=O) groups is 1. The zero-order chi connectivity index (χ0) is 12.9. The minimum absolute atomic E-state index is 0.501. The van der Waals surface area contributed by atoms with E-state index in [0.717, 1.165) is 19.6 Å². The molecule has 1 saturated heterocycles. The van der Waals surface area contributed by atoms with Crippen LogP contribution in [0.2, 0.25) is 0 Å². The van der Waals surface area contributed by atoms with Crippen molar-refractivity contribution < 1.29 is 9.90 Å². The Morgan fingerprint density at radius 3 is 2.35 bits per heavy atom. The molecule has 3 nitrogen and oxygen atoms in total. The molecule has 0 atom stereocenters. The Bertz CT molecular complexity index is 289. The van der Waals surface area contributed by atoms with Crippen molar-refractivity contribution in [3.05, 3.63) is 11.6 Å². The van der Waals surface area contributed by atoms with Gasteiger partial charge in [0.1, 0.15) is 0 Å². The summed E-state index contributed by atoms with van der Waals surface area (Å²) in [5.74, 6) is -0.775. The number of hydrogen-bond acceptors (Lipinski definition) is 2. The summed E-state index contributed by atoms with van der Waals surface area (Å²) in [7, 11) is 0. The van der Waals surface area contributed by atoms with Crippen LogP contribution in [0, 0.1) is 5.41 Å². The van der Waals surface area contributed by atoms with Gasteiger partial charge >= 0.3 is 5.97 Å². The van der Waals surface area contributed by atoms with Crippen LogP contribution in [0.15, 0.2) is 11.6 Å². The number of carboxylic acids is 1. The summed E-state index contributed by atoms with van der Waals surface area (Å²) in [5, 5.41) is 8.94. The highest BCUT2D eigenvalue weighted by atomic mass is 16.4. The Kier molecular flexibility index (Phi) is 5.19. The summed E-state index contributed by atoms with van der Waals surface area (Å²) in [6, 6.07) is 0. The van der Waals surface area contributed by atoms with Crippen molar-refractivity contribution in [2.24, 2.45) is 5.41 Å². The third-order valence-electron chi connectivity index (χ3n) is 4.17. The zero-order valence-corrected chi connectivity index (χ0v) is 11.3. The van der Waals surface area contributed by atoms with Crippen LogP contribution in [0.1, 0.15) is 46.5 Å². The van der Waals surface area contributed by atoms with Gasteiger partial charge in [0.25, 0.3) is 0 Å². The molecule has 0 bridgehead atoms. The van der Waals surface area contributed by atoms with Gasteiger partial charge in [-0.1, -0.05) is 33.3 Å². The number of aliphatic carboxylic acids is 1. The molecule has 1 fully saturated rings. The molecule has 0 aliphatic carbocycles. The molecule has 0 saturated carbocycles. The van der Waals surface area contributed by atoms with Crippen LogP contribution in [0.5, 0.6) is 0 Å². The summed E-state index contributed by atoms with van der Waals surface area (Å²) in [4.78, 5) is 13.2. The fourth-order valence-corrected chi connectivity index (χ4v) is 2.25. The van der Waals surface area contributed by atoms with Crippen molar-refractivity contribution >= 4 is 5.97 Å². The van der Waals surface area contributed by atoms with Gasteiger partial charge in [-0.25, -0.2) is 4.79 Å². The molecule has 0 aromatic rings. The highest BCUT2D eigenvalue weighted by Crippen LogP contribution is 2.33. The molecule has 0 spiro atoms. The summed E-state index contributed by atoms with van der Waals surface area (Å²) < 4.78 is 0. The van der Waals surface area contributed by atoms with Crippen LogP contribution in [0.4, 0.5) is 0 Å². The highest BCUT2D eigenvalue weighted by Gasteiger charge is 2.27. The lowest BCUT2D eigenvalue weighted by molar-refractivity contribution is -0.132. The van der Waals surface area contributed by atoms with Crippen molar-refractivity contribution in [3.8, 4) is 0 Å². The first-order chi connectivity index (χ1) is 8.00. The summed E-state index contributed by atoms with van der Waals surface area (Å²) in [6.45, 7) is 9.48. The second-order valence-corrected chi connectivity index (χ2v) is 5.35. The standard InChI is InChI=1S/C14H25NO2/c1-4-12(13(16)17)6-9-15-10-7-14(3,5-2)8-11-15/h6H,4-5,7-11H2,1-3H3,(H,16,17). The van der Waals surface area contributed by atoms with E-state index in [-0.39, 0.29) is 0 Å². The lowest BCUT2D eigenvalue weighted by Gasteiger charge is -2.38. The second kappa shape index (κ2) is 6.20. The van der Waals surface area contributed by atoms with E-state index in [2.05, 4.69) is 18.7 Å². The van der Waals surface area contributed by atoms with Crippen molar-refractivity contribution in [1.29, 1.82) is 0 Å². The van der Waals surface area contributed by atoms with E-state index in [9.17, 15) is 4.79 Å². The lowest BCUT2D eigenvalue weighted by atomic mass is 9.78. The van der Waals surface area contributed by atoms with E-state index in [0.29, 0.717) is 17.4 Å². The van der Waals surface area contributed by atoms with E-state index < -0.39 is 5.97 Å². The van der Waals surface area contributed by atoms with E-state index in [1.807, 2.05) is 13.0 Å². The Labute approximate surface area is 105 Å². The topological polar surface area (TPSA) is 40.5 Å². The molecule has 1 rings (SSSR count). The molecular weight excluding hydrogens is 214 g/mol. The van der Waals surface area contributed by atoms with Crippen LogP contribution in [-0.2, 0) is 4.79 Å². The molecule has 1 aliphatic rings. The van der Waals surface area contributed by atoms with Gasteiger partial charge in [0.15, 0.2) is 0 Å². The van der Waals surface area contributed by atoms with Crippen LogP contribution in [0.25, 0.3) is 0 Å². The number of carboxylic acid groups (broad SMARTS) is 1. The van der Waals surface area contributed by atoms with Crippen molar-refractivity contribution in [2.45, 2.75) is 46.5 Å². The number of hydrogen-bond donors (Lipinski definition) is 1. The van der Waals surface area contributed by atoms with Crippen LogP contribution >= 0.6 is 0 Å². The van der Waals surface area contributed by atoms with E-state index in [4.69, 9.17) is 5.11 Å². The van der Waals surface area contributed by atoms with Crippen LogP contribution < -0.4 is 0 Å². The van der Waals surface area contributed by atoms with E-state index >= 15 is 0 Å². The smallest absolute Gasteiger partial charge is 0.331 e. The van der Waals surface area contributed by atoms with Gasteiger partial charge < -0.3 is 5.11 Å². The number of piperidine rings is 1. The molecule has 0 unspecified atom stereocenters. The second-order valence-electron chi connectivity index (χ2n) is 5.35. The number of rotatable bonds is 5. The average Bonchev–Trinajstić information content (AvgIpc) is 2.32. The van der Waals surface area contributed by atoms with Crippen molar-refractivity contribution in [1.82, 2.24) is 4.90 Å². The van der Waals surface area contributed by atoms with Crippen LogP contribution in [0.3, 0.4) is 0 Å². The normalized spacial score (nSPS) is 21.5. The van der Waals surface area contributed by atoms with Crippen molar-refractivity contribution in [2.75, 3.05) is 19.6 Å². The monoisotopic (exact) mass is 239 g/mol. The Hall–Kier alpha value is -0.830. The lowest BCUT2D eigenvalue weighted by Crippen LogP contribution is -2.38. The molecular formula is C14H25NO2. The zero-order valence-electron chi connectivity index (χ0n) is 11.3. The molecule has 98 valence electrons. The minimum atomic E-state index is -0.775. The Balaban J connectivity index is 2.43. The molecule has 0 aromatic heterocycles. The number of nitrogens with zero attached hydrogens (tertiary/aromatic N) is 1. The fraction of sp³-hybridized carbons (Fsp3) is 0.786. The third-order valence-corrected chi connectivity index (χ3v) is 4.17. The third kappa shape index (κ3) is 4.15. The first kappa shape index (κ1) is 14.2. The summed E-state index contributed by atoms with van der Waals surface area (Å²) in [5.41, 5.74) is 1.04. The molecule has 0 aromatic carbocycles. The maximum atomic E-state index is 10.9. The minimum Gasteiger partial charge on any atom is -0.478 e. The molecule has 1 N–H and O–H groups in total. The summed E-state index contributed by atoms with van der Waals surface area (Å²) in [6.07, 6.45) is 6.18. The predicted octanol–water partition coefficient (Wildman–Crippen LogP) is 2.92. The van der Waals surface area contributed by atoms with E-state index in [1.165, 1.54) is 19.3 Å². The Morgan fingerprint density at radius 2 is 1.94 bits per heavy atom. The fourth-order valence-electron chi connectivity index (χ4n) is 2.25. The van der Waals surface area contributed by atoms with Gasteiger partial charge in [0.05, 0.1) is 0 Å². The van der Waals surface area contributed by atoms with Gasteiger partial charge in [0.2, 0.25) is 0 Å². The molecule has 0 amide bonds. The first-order valence-electron chi connectivity index (χ1n) is 6.65. The molecule has 1 heterocycles. The average molecular weight is 239 g/mol. The predicted molar refractivity (Wildman–Crippen MR) is 70.1 cm³/mol. The maximum absolute atomic E-state index is 10.9. The van der Waals surface area contributed by atoms with Gasteiger partial charge in [0, 0.05) is 12.1 Å². The van der Waals surface area contributed by atoms with E-state index in [1.54, 1.807) is 0 Å². The van der Waals surface area contributed by atoms with Crippen LogP contribution in [-0.4, -0.2) is 35.6 Å². The molecule has 3 heteroatoms. The van der Waals surface area contributed by atoms with Gasteiger partial charge in [-0.05, 0) is 37.8 Å². The largest absolute Gasteiger partial charge is 0.478 e. The van der Waals surface area contributed by atoms with Gasteiger partial charge in [-0.15, -0.1) is 0 Å². The van der Waals surface area contributed by atoms with Crippen molar-refractivity contribution in [3.63, 3.8) is 0 Å². The first-order valence-corrected chi connectivity index (χ1v) is 6.65. The molecule has 0 radical (unpaired) electrons. The summed E-state index contributed by atoms with van der Waals surface area (Å²) >= 11 is 0. The Morgan fingerprint density at radius 1 is 1.35 bits per heavy atom. The quantitative estimate of drug-likeness (QED) is 0.750. The molecule has 17 heavy (non-hydrogen) atoms.